The summed E-state index contributed by atoms with van der Waals surface area (Å²) in [6.07, 6.45) is 7.72. The maximum atomic E-state index is 13.0. The lowest BCUT2D eigenvalue weighted by molar-refractivity contribution is -0.185. The largest absolute Gasteiger partial charge is 0.479 e. The molecular formula is C40H62N6O7Si2. The number of carboxylic acids is 1. The summed E-state index contributed by atoms with van der Waals surface area (Å²) in [5, 5.41) is 20.2. The SMILES string of the molecule is COCCOC1(C(=O)O)CCC(c2cc(N(COCC[Si](C)(C)C)COCC[Si](C)(C)C)n3ncc(-c4cnn(-c5ccccc5)c4)c3n2)CC1CCOC. The molecule has 55 heavy (non-hydrogen) atoms. The highest BCUT2D eigenvalue weighted by Gasteiger charge is 2.51. The van der Waals surface area contributed by atoms with Crippen LogP contribution in [-0.4, -0.2) is 118 Å². The van der Waals surface area contributed by atoms with Crippen molar-refractivity contribution in [3.05, 3.63) is 60.7 Å². The van der Waals surface area contributed by atoms with Gasteiger partial charge in [0.25, 0.3) is 0 Å². The number of benzene rings is 1. The standard InChI is InChI=1S/C40H62N6O7Si2/c1-49-17-15-33-24-31(14-16-40(33,39(47)48)53-19-18-50-2)36-25-37(44(29-51-20-22-54(3,4)5)30-52-21-23-55(6,7)8)46-38(43-36)35(27-42-46)32-26-41-45(28-32)34-12-10-9-11-13-34/h9-13,25-28,31,33H,14-24,29-30H2,1-8H3,(H,47,48). The van der Waals surface area contributed by atoms with Gasteiger partial charge in [-0.25, -0.2) is 14.5 Å². The van der Waals surface area contributed by atoms with E-state index in [0.29, 0.717) is 71.2 Å². The zero-order valence-electron chi connectivity index (χ0n) is 34.1. The molecule has 1 fully saturated rings. The van der Waals surface area contributed by atoms with Gasteiger partial charge in [0.15, 0.2) is 11.2 Å². The summed E-state index contributed by atoms with van der Waals surface area (Å²) in [4.78, 5) is 20.4. The normalized spacial score (nSPS) is 19.3. The smallest absolute Gasteiger partial charge is 0.336 e. The molecule has 5 rings (SSSR count). The molecule has 13 nitrogen and oxygen atoms in total. The molecule has 1 aromatic carbocycles. The molecule has 1 aliphatic rings. The molecule has 1 aliphatic carbocycles. The van der Waals surface area contributed by atoms with E-state index in [-0.39, 0.29) is 18.4 Å². The zero-order valence-corrected chi connectivity index (χ0v) is 36.1. The van der Waals surface area contributed by atoms with Crippen molar-refractivity contribution in [3.63, 3.8) is 0 Å². The summed E-state index contributed by atoms with van der Waals surface area (Å²) in [5.41, 5.74) is 2.90. The molecule has 15 heteroatoms. The number of fused-ring (bicyclic) bond motifs is 1. The minimum absolute atomic E-state index is 0.0404. The second-order valence-corrected chi connectivity index (χ2v) is 28.3. The van der Waals surface area contributed by atoms with Gasteiger partial charge in [0.05, 0.1) is 31.3 Å². The second-order valence-electron chi connectivity index (χ2n) is 17.1. The second kappa shape index (κ2) is 19.1. The van der Waals surface area contributed by atoms with Gasteiger partial charge in [-0.05, 0) is 49.9 Å². The van der Waals surface area contributed by atoms with Gasteiger partial charge in [0.1, 0.15) is 19.3 Å². The Balaban J connectivity index is 1.57. The molecule has 4 aromatic rings. The summed E-state index contributed by atoms with van der Waals surface area (Å²) < 4.78 is 33.4. The van der Waals surface area contributed by atoms with Gasteiger partial charge in [-0.3, -0.25) is 0 Å². The van der Waals surface area contributed by atoms with Crippen molar-refractivity contribution in [2.45, 2.75) is 88.6 Å². The highest BCUT2D eigenvalue weighted by atomic mass is 28.3. The molecule has 0 radical (unpaired) electrons. The van der Waals surface area contributed by atoms with E-state index in [0.717, 1.165) is 40.4 Å². The monoisotopic (exact) mass is 794 g/mol. The molecule has 1 N–H and O–H groups in total. The van der Waals surface area contributed by atoms with Gasteiger partial charge in [0, 0.05) is 91.1 Å². The number of hydrogen-bond acceptors (Lipinski definition) is 10. The van der Waals surface area contributed by atoms with Crippen LogP contribution >= 0.6 is 0 Å². The number of carbonyl (C=O) groups is 1. The first-order chi connectivity index (χ1) is 26.2. The van der Waals surface area contributed by atoms with Crippen molar-refractivity contribution in [2.24, 2.45) is 5.92 Å². The van der Waals surface area contributed by atoms with Gasteiger partial charge in [-0.2, -0.15) is 14.7 Å². The number of methoxy groups -OCH3 is 2. The molecule has 0 spiro atoms. The molecular weight excluding hydrogens is 733 g/mol. The van der Waals surface area contributed by atoms with Crippen LogP contribution in [0.25, 0.3) is 22.5 Å². The highest BCUT2D eigenvalue weighted by Crippen LogP contribution is 2.46. The average Bonchev–Trinajstić information content (AvgIpc) is 3.81. The fourth-order valence-corrected chi connectivity index (χ4v) is 8.54. The third-order valence-corrected chi connectivity index (χ3v) is 13.8. The minimum Gasteiger partial charge on any atom is -0.479 e. The lowest BCUT2D eigenvalue weighted by atomic mass is 9.68. The van der Waals surface area contributed by atoms with Crippen molar-refractivity contribution in [3.8, 4) is 16.8 Å². The number of aromatic nitrogens is 5. The van der Waals surface area contributed by atoms with Crippen LogP contribution in [0.3, 0.4) is 0 Å². The Morgan fingerprint density at radius 3 is 2.20 bits per heavy atom. The van der Waals surface area contributed by atoms with Crippen LogP contribution in [0.1, 0.15) is 37.3 Å². The van der Waals surface area contributed by atoms with Crippen LogP contribution in [0.15, 0.2) is 55.0 Å². The zero-order chi connectivity index (χ0) is 39.6. The summed E-state index contributed by atoms with van der Waals surface area (Å²) in [6.45, 7) is 17.0. The predicted octanol–water partition coefficient (Wildman–Crippen LogP) is 7.42. The minimum atomic E-state index is -1.34. The first-order valence-corrected chi connectivity index (χ1v) is 26.9. The van der Waals surface area contributed by atoms with Crippen molar-refractivity contribution in [1.82, 2.24) is 24.4 Å². The van der Waals surface area contributed by atoms with Gasteiger partial charge in [0.2, 0.25) is 0 Å². The third-order valence-electron chi connectivity index (χ3n) is 10.4. The number of anilines is 1. The Morgan fingerprint density at radius 1 is 0.909 bits per heavy atom. The van der Waals surface area contributed by atoms with Crippen LogP contribution in [0.5, 0.6) is 0 Å². The van der Waals surface area contributed by atoms with E-state index in [4.69, 9.17) is 33.8 Å². The molecule has 0 aliphatic heterocycles. The Morgan fingerprint density at radius 2 is 1.58 bits per heavy atom. The lowest BCUT2D eigenvalue weighted by Gasteiger charge is -2.43. The highest BCUT2D eigenvalue weighted by molar-refractivity contribution is 6.76. The Labute approximate surface area is 328 Å². The van der Waals surface area contributed by atoms with E-state index in [9.17, 15) is 9.90 Å². The number of ether oxygens (including phenoxy) is 5. The fraction of sp³-hybridized carbons (Fsp3) is 0.600. The molecule has 1 saturated carbocycles. The number of hydrogen-bond donors (Lipinski definition) is 1. The van der Waals surface area contributed by atoms with E-state index >= 15 is 0 Å². The van der Waals surface area contributed by atoms with E-state index in [1.807, 2.05) is 58.1 Å². The number of rotatable bonds is 22. The molecule has 302 valence electrons. The maximum Gasteiger partial charge on any atom is 0.336 e. The van der Waals surface area contributed by atoms with Gasteiger partial charge < -0.3 is 33.7 Å². The first kappa shape index (κ1) is 42.7. The predicted molar refractivity (Wildman–Crippen MR) is 221 cm³/mol. The molecule has 3 aromatic heterocycles. The lowest BCUT2D eigenvalue weighted by Crippen LogP contribution is -2.52. The molecule has 3 heterocycles. The Kier molecular flexibility index (Phi) is 14.8. The molecule has 0 saturated heterocycles. The van der Waals surface area contributed by atoms with Crippen LogP contribution in [0, 0.1) is 5.92 Å². The molecule has 0 amide bonds. The topological polar surface area (TPSA) is 135 Å². The molecule has 3 atom stereocenters. The first-order valence-electron chi connectivity index (χ1n) is 19.5. The molecule has 3 unspecified atom stereocenters. The van der Waals surface area contributed by atoms with Gasteiger partial charge in [-0.15, -0.1) is 0 Å². The van der Waals surface area contributed by atoms with E-state index in [2.05, 4.69) is 55.3 Å². The van der Waals surface area contributed by atoms with Crippen molar-refractivity contribution >= 4 is 33.6 Å². The van der Waals surface area contributed by atoms with Gasteiger partial charge >= 0.3 is 5.97 Å². The fourth-order valence-electron chi connectivity index (χ4n) is 7.03. The van der Waals surface area contributed by atoms with Crippen molar-refractivity contribution in [2.75, 3.05) is 65.6 Å². The number of nitrogens with zero attached hydrogens (tertiary/aromatic N) is 6. The van der Waals surface area contributed by atoms with Crippen LogP contribution < -0.4 is 4.90 Å². The van der Waals surface area contributed by atoms with Crippen molar-refractivity contribution < 1.29 is 33.6 Å². The van der Waals surface area contributed by atoms with Crippen molar-refractivity contribution in [1.29, 1.82) is 0 Å². The molecule has 0 bridgehead atoms. The summed E-state index contributed by atoms with van der Waals surface area (Å²) >= 11 is 0. The quantitative estimate of drug-likeness (QED) is 0.0484. The van der Waals surface area contributed by atoms with E-state index < -0.39 is 27.7 Å². The summed E-state index contributed by atoms with van der Waals surface area (Å²) in [6, 6.07) is 14.2. The van der Waals surface area contributed by atoms with Gasteiger partial charge in [-0.1, -0.05) is 57.5 Å². The number of aliphatic carboxylic acids is 1. The van der Waals surface area contributed by atoms with Crippen LogP contribution in [0.4, 0.5) is 5.82 Å². The van der Waals surface area contributed by atoms with Crippen LogP contribution in [-0.2, 0) is 28.5 Å². The van der Waals surface area contributed by atoms with Crippen LogP contribution in [0.2, 0.25) is 51.4 Å². The number of carboxylic acid groups (broad SMARTS) is 1. The number of para-hydroxylation sites is 1. The average molecular weight is 795 g/mol. The van der Waals surface area contributed by atoms with E-state index in [1.165, 1.54) is 0 Å². The van der Waals surface area contributed by atoms with E-state index in [1.54, 1.807) is 14.2 Å². The summed E-state index contributed by atoms with van der Waals surface area (Å²) in [7, 11) is 0.604. The third kappa shape index (κ3) is 11.3. The summed E-state index contributed by atoms with van der Waals surface area (Å²) in [5.74, 6) is -0.483. The maximum absolute atomic E-state index is 13.0. The Bertz CT molecular complexity index is 1790. The Hall–Kier alpha value is -3.45.